The van der Waals surface area contributed by atoms with Crippen molar-refractivity contribution in [3.05, 3.63) is 34.2 Å². The monoisotopic (exact) mass is 233 g/mol. The fourth-order valence-electron chi connectivity index (χ4n) is 2.06. The van der Waals surface area contributed by atoms with Gasteiger partial charge in [-0.1, -0.05) is 32.3 Å². The molecule has 1 heterocycles. The molecule has 2 aromatic rings. The summed E-state index contributed by atoms with van der Waals surface area (Å²) >= 11 is 0. The smallest absolute Gasteiger partial charge is 0.323 e. The van der Waals surface area contributed by atoms with Crippen LogP contribution in [0.4, 0.5) is 0 Å². The highest BCUT2D eigenvalue weighted by atomic mass is 16.1. The molecule has 0 fully saturated rings. The zero-order valence-electron chi connectivity index (χ0n) is 10.1. The molecule has 0 aliphatic rings. The van der Waals surface area contributed by atoms with E-state index in [4.69, 9.17) is 5.73 Å². The molecule has 0 amide bonds. The lowest BCUT2D eigenvalue weighted by Crippen LogP contribution is -2.09. The van der Waals surface area contributed by atoms with E-state index in [-0.39, 0.29) is 11.7 Å². The maximum atomic E-state index is 11.1. The molecule has 17 heavy (non-hydrogen) atoms. The van der Waals surface area contributed by atoms with Crippen LogP contribution in [0.15, 0.2) is 23.0 Å². The topological polar surface area (TPSA) is 74.7 Å². The van der Waals surface area contributed by atoms with E-state index in [1.54, 1.807) is 0 Å². The minimum absolute atomic E-state index is 0.0596. The SMILES string of the molecule is CCCCCC(N)c1ccc2[nH]c(=O)[nH]c2c1. The van der Waals surface area contributed by atoms with Gasteiger partial charge >= 0.3 is 5.69 Å². The molecular weight excluding hydrogens is 214 g/mol. The van der Waals surface area contributed by atoms with Crippen molar-refractivity contribution in [2.75, 3.05) is 0 Å². The number of nitrogens with two attached hydrogens (primary N) is 1. The summed E-state index contributed by atoms with van der Waals surface area (Å²) in [6.07, 6.45) is 4.57. The van der Waals surface area contributed by atoms with Gasteiger partial charge in [0.15, 0.2) is 0 Å². The van der Waals surface area contributed by atoms with E-state index in [0.29, 0.717) is 0 Å². The number of rotatable bonds is 5. The number of H-pyrrole nitrogens is 2. The van der Waals surface area contributed by atoms with Crippen LogP contribution in [-0.4, -0.2) is 9.97 Å². The number of hydrogen-bond acceptors (Lipinski definition) is 2. The van der Waals surface area contributed by atoms with Crippen LogP contribution in [0.25, 0.3) is 11.0 Å². The third-order valence-corrected chi connectivity index (χ3v) is 3.09. The van der Waals surface area contributed by atoms with E-state index in [1.165, 1.54) is 12.8 Å². The Hall–Kier alpha value is -1.55. The molecule has 4 nitrogen and oxygen atoms in total. The Morgan fingerprint density at radius 3 is 2.76 bits per heavy atom. The second kappa shape index (κ2) is 5.19. The van der Waals surface area contributed by atoms with Crippen LogP contribution >= 0.6 is 0 Å². The van der Waals surface area contributed by atoms with E-state index in [9.17, 15) is 4.79 Å². The maximum Gasteiger partial charge on any atom is 0.323 e. The van der Waals surface area contributed by atoms with E-state index in [1.807, 2.05) is 18.2 Å². The number of aromatic nitrogens is 2. The van der Waals surface area contributed by atoms with E-state index in [0.717, 1.165) is 29.4 Å². The Balaban J connectivity index is 2.14. The lowest BCUT2D eigenvalue weighted by molar-refractivity contribution is 0.581. The first kappa shape index (κ1) is 11.9. The van der Waals surface area contributed by atoms with Crippen LogP contribution in [0, 0.1) is 0 Å². The molecule has 0 saturated heterocycles. The van der Waals surface area contributed by atoms with Crippen molar-refractivity contribution < 1.29 is 0 Å². The van der Waals surface area contributed by atoms with Gasteiger partial charge in [0, 0.05) is 6.04 Å². The Kier molecular flexibility index (Phi) is 3.64. The Morgan fingerprint density at radius 1 is 1.24 bits per heavy atom. The van der Waals surface area contributed by atoms with Gasteiger partial charge in [0.25, 0.3) is 0 Å². The van der Waals surface area contributed by atoms with Crippen molar-refractivity contribution in [1.82, 2.24) is 9.97 Å². The summed E-state index contributed by atoms with van der Waals surface area (Å²) in [4.78, 5) is 16.6. The minimum atomic E-state index is -0.170. The first-order valence-corrected chi connectivity index (χ1v) is 6.18. The lowest BCUT2D eigenvalue weighted by Gasteiger charge is -2.11. The van der Waals surface area contributed by atoms with Crippen LogP contribution in [0.1, 0.15) is 44.2 Å². The van der Waals surface area contributed by atoms with Gasteiger partial charge in [0.05, 0.1) is 11.0 Å². The predicted octanol–water partition coefficient (Wildman–Crippen LogP) is 2.44. The maximum absolute atomic E-state index is 11.1. The van der Waals surface area contributed by atoms with Gasteiger partial charge in [-0.25, -0.2) is 4.79 Å². The molecule has 1 atom stereocenters. The molecule has 92 valence electrons. The summed E-state index contributed by atoms with van der Waals surface area (Å²) in [6, 6.07) is 5.92. The molecule has 4 heteroatoms. The molecule has 0 bridgehead atoms. The first-order valence-electron chi connectivity index (χ1n) is 6.18. The molecule has 0 saturated carbocycles. The normalized spacial score (nSPS) is 13.1. The van der Waals surface area contributed by atoms with E-state index >= 15 is 0 Å². The third-order valence-electron chi connectivity index (χ3n) is 3.09. The molecule has 1 unspecified atom stereocenters. The second-order valence-electron chi connectivity index (χ2n) is 4.49. The van der Waals surface area contributed by atoms with Gasteiger partial charge in [-0.15, -0.1) is 0 Å². The third kappa shape index (κ3) is 2.77. The summed E-state index contributed by atoms with van der Waals surface area (Å²) in [5.74, 6) is 0. The average Bonchev–Trinajstić information content (AvgIpc) is 2.68. The molecule has 0 aliphatic carbocycles. The molecule has 1 aromatic heterocycles. The number of fused-ring (bicyclic) bond motifs is 1. The number of nitrogens with one attached hydrogen (secondary N) is 2. The van der Waals surface area contributed by atoms with Crippen molar-refractivity contribution in [2.24, 2.45) is 5.73 Å². The standard InChI is InChI=1S/C13H19N3O/c1-2-3-4-5-10(14)9-6-7-11-12(8-9)16-13(17)15-11/h6-8,10H,2-5,14H2,1H3,(H2,15,16,17). The highest BCUT2D eigenvalue weighted by Gasteiger charge is 2.07. The summed E-state index contributed by atoms with van der Waals surface area (Å²) in [5.41, 5.74) is 8.71. The number of hydrogen-bond donors (Lipinski definition) is 3. The van der Waals surface area contributed by atoms with Crippen LogP contribution in [-0.2, 0) is 0 Å². The van der Waals surface area contributed by atoms with Gasteiger partial charge in [-0.05, 0) is 24.1 Å². The summed E-state index contributed by atoms with van der Waals surface area (Å²) in [6.45, 7) is 2.18. The zero-order chi connectivity index (χ0) is 12.3. The summed E-state index contributed by atoms with van der Waals surface area (Å²) < 4.78 is 0. The molecule has 2 rings (SSSR count). The average molecular weight is 233 g/mol. The van der Waals surface area contributed by atoms with Gasteiger partial charge in [0.2, 0.25) is 0 Å². The Bertz CT molecular complexity index is 541. The number of unbranched alkanes of at least 4 members (excludes halogenated alkanes) is 2. The van der Waals surface area contributed by atoms with E-state index < -0.39 is 0 Å². The molecule has 4 N–H and O–H groups in total. The van der Waals surface area contributed by atoms with Crippen LogP contribution in [0.3, 0.4) is 0 Å². The minimum Gasteiger partial charge on any atom is -0.324 e. The fourth-order valence-corrected chi connectivity index (χ4v) is 2.06. The van der Waals surface area contributed by atoms with Gasteiger partial charge < -0.3 is 15.7 Å². The van der Waals surface area contributed by atoms with E-state index in [2.05, 4.69) is 16.9 Å². The molecule has 1 aromatic carbocycles. The highest BCUT2D eigenvalue weighted by molar-refractivity contribution is 5.75. The van der Waals surface area contributed by atoms with Gasteiger partial charge in [0.1, 0.15) is 0 Å². The first-order chi connectivity index (χ1) is 8.20. The molecular formula is C13H19N3O. The fraction of sp³-hybridized carbons (Fsp3) is 0.462. The van der Waals surface area contributed by atoms with Crippen LogP contribution in [0.2, 0.25) is 0 Å². The summed E-state index contributed by atoms with van der Waals surface area (Å²) in [5, 5.41) is 0. The number of aromatic amines is 2. The lowest BCUT2D eigenvalue weighted by atomic mass is 10.0. The van der Waals surface area contributed by atoms with Crippen molar-refractivity contribution >= 4 is 11.0 Å². The molecule has 0 spiro atoms. The highest BCUT2D eigenvalue weighted by Crippen LogP contribution is 2.20. The van der Waals surface area contributed by atoms with Crippen molar-refractivity contribution in [1.29, 1.82) is 0 Å². The van der Waals surface area contributed by atoms with Gasteiger partial charge in [-0.2, -0.15) is 0 Å². The summed E-state index contributed by atoms with van der Waals surface area (Å²) in [7, 11) is 0. The Morgan fingerprint density at radius 2 is 2.00 bits per heavy atom. The number of benzene rings is 1. The molecule has 0 aliphatic heterocycles. The van der Waals surface area contributed by atoms with Crippen molar-refractivity contribution in [2.45, 2.75) is 38.6 Å². The van der Waals surface area contributed by atoms with Crippen molar-refractivity contribution in [3.8, 4) is 0 Å². The van der Waals surface area contributed by atoms with Crippen molar-refractivity contribution in [3.63, 3.8) is 0 Å². The van der Waals surface area contributed by atoms with Crippen LogP contribution in [0.5, 0.6) is 0 Å². The quantitative estimate of drug-likeness (QED) is 0.694. The Labute approximate surface area is 100 Å². The molecule has 0 radical (unpaired) electrons. The van der Waals surface area contributed by atoms with Gasteiger partial charge in [-0.3, -0.25) is 0 Å². The second-order valence-corrected chi connectivity index (χ2v) is 4.49. The number of imidazole rings is 1. The zero-order valence-corrected chi connectivity index (χ0v) is 10.1. The largest absolute Gasteiger partial charge is 0.324 e. The predicted molar refractivity (Wildman–Crippen MR) is 70.0 cm³/mol. The van der Waals surface area contributed by atoms with Crippen LogP contribution < -0.4 is 11.4 Å².